The Bertz CT molecular complexity index is 248. The van der Waals surface area contributed by atoms with Crippen molar-refractivity contribution in [2.75, 3.05) is 19.3 Å². The van der Waals surface area contributed by atoms with Crippen LogP contribution in [0.1, 0.15) is 20.3 Å². The van der Waals surface area contributed by atoms with E-state index in [4.69, 9.17) is 0 Å². The number of sulfone groups is 1. The molecule has 0 radical (unpaired) electrons. The molecule has 1 aliphatic rings. The summed E-state index contributed by atoms with van der Waals surface area (Å²) in [6, 6.07) is 0.212. The van der Waals surface area contributed by atoms with Gasteiger partial charge in [0.1, 0.15) is 0 Å². The van der Waals surface area contributed by atoms with Crippen molar-refractivity contribution in [3.8, 4) is 0 Å². The second-order valence-electron chi connectivity index (χ2n) is 3.53. The molecule has 0 saturated carbocycles. The van der Waals surface area contributed by atoms with E-state index in [0.29, 0.717) is 12.3 Å². The van der Waals surface area contributed by atoms with E-state index in [1.54, 1.807) is 0 Å². The SMILES string of the molecule is CCC1C(C)S(=O)(=O)CCN1C. The van der Waals surface area contributed by atoms with Crippen molar-refractivity contribution in [1.29, 1.82) is 0 Å². The molecule has 72 valence electrons. The third-order valence-corrected chi connectivity index (χ3v) is 5.02. The Balaban J connectivity index is 2.85. The molecule has 1 aliphatic heterocycles. The van der Waals surface area contributed by atoms with E-state index in [1.165, 1.54) is 0 Å². The lowest BCUT2D eigenvalue weighted by molar-refractivity contribution is 0.231. The van der Waals surface area contributed by atoms with Crippen molar-refractivity contribution >= 4 is 9.84 Å². The van der Waals surface area contributed by atoms with Gasteiger partial charge in [-0.1, -0.05) is 6.92 Å². The van der Waals surface area contributed by atoms with Crippen molar-refractivity contribution < 1.29 is 8.42 Å². The highest BCUT2D eigenvalue weighted by Crippen LogP contribution is 2.19. The summed E-state index contributed by atoms with van der Waals surface area (Å²) in [7, 11) is -0.798. The Morgan fingerprint density at radius 3 is 2.50 bits per heavy atom. The lowest BCUT2D eigenvalue weighted by Gasteiger charge is -2.36. The monoisotopic (exact) mass is 191 g/mol. The Morgan fingerprint density at radius 2 is 2.08 bits per heavy atom. The minimum Gasteiger partial charge on any atom is -0.301 e. The molecule has 0 aliphatic carbocycles. The van der Waals surface area contributed by atoms with Gasteiger partial charge in [-0.25, -0.2) is 8.42 Å². The number of hydrogen-bond donors (Lipinski definition) is 0. The molecule has 0 spiro atoms. The molecule has 12 heavy (non-hydrogen) atoms. The van der Waals surface area contributed by atoms with Gasteiger partial charge in [0, 0.05) is 12.6 Å². The second kappa shape index (κ2) is 3.34. The Kier molecular flexibility index (Phi) is 2.78. The summed E-state index contributed by atoms with van der Waals surface area (Å²) in [5, 5.41) is -0.193. The smallest absolute Gasteiger partial charge is 0.155 e. The van der Waals surface area contributed by atoms with Crippen molar-refractivity contribution in [3.05, 3.63) is 0 Å². The lowest BCUT2D eigenvalue weighted by atomic mass is 10.1. The Hall–Kier alpha value is -0.0900. The first-order valence-corrected chi connectivity index (χ1v) is 6.12. The number of hydrogen-bond acceptors (Lipinski definition) is 3. The fourth-order valence-corrected chi connectivity index (χ4v) is 3.66. The minimum atomic E-state index is -2.80. The van der Waals surface area contributed by atoms with E-state index in [0.717, 1.165) is 6.42 Å². The summed E-state index contributed by atoms with van der Waals surface area (Å²) >= 11 is 0. The summed E-state index contributed by atoms with van der Waals surface area (Å²) in [5.41, 5.74) is 0. The molecule has 1 heterocycles. The summed E-state index contributed by atoms with van der Waals surface area (Å²) in [5.74, 6) is 0.321. The molecule has 2 atom stereocenters. The highest BCUT2D eigenvalue weighted by Gasteiger charge is 2.35. The van der Waals surface area contributed by atoms with Crippen LogP contribution in [0, 0.1) is 0 Å². The maximum Gasteiger partial charge on any atom is 0.155 e. The van der Waals surface area contributed by atoms with Crippen LogP contribution in [0.15, 0.2) is 0 Å². The van der Waals surface area contributed by atoms with Gasteiger partial charge in [0.15, 0.2) is 9.84 Å². The fourth-order valence-electron chi connectivity index (χ4n) is 1.86. The van der Waals surface area contributed by atoms with E-state index in [9.17, 15) is 8.42 Å². The standard InChI is InChI=1S/C8H17NO2S/c1-4-8-7(2)12(10,11)6-5-9(8)3/h7-8H,4-6H2,1-3H3. The van der Waals surface area contributed by atoms with E-state index in [2.05, 4.69) is 4.90 Å². The average Bonchev–Trinajstić information content (AvgIpc) is 2.00. The van der Waals surface area contributed by atoms with Crippen LogP contribution in [0.25, 0.3) is 0 Å². The highest BCUT2D eigenvalue weighted by atomic mass is 32.2. The fraction of sp³-hybridized carbons (Fsp3) is 1.00. The lowest BCUT2D eigenvalue weighted by Crippen LogP contribution is -2.51. The van der Waals surface area contributed by atoms with Crippen LogP contribution in [0.2, 0.25) is 0 Å². The van der Waals surface area contributed by atoms with Gasteiger partial charge >= 0.3 is 0 Å². The molecule has 0 N–H and O–H groups in total. The first-order valence-electron chi connectivity index (χ1n) is 4.41. The van der Waals surface area contributed by atoms with Gasteiger partial charge in [0.05, 0.1) is 11.0 Å². The predicted octanol–water partition coefficient (Wildman–Crippen LogP) is 0.514. The normalized spacial score (nSPS) is 36.6. The zero-order valence-electron chi connectivity index (χ0n) is 7.95. The molecule has 0 amide bonds. The van der Waals surface area contributed by atoms with Crippen LogP contribution in [0.4, 0.5) is 0 Å². The van der Waals surface area contributed by atoms with Crippen LogP contribution in [-0.2, 0) is 9.84 Å². The van der Waals surface area contributed by atoms with Crippen LogP contribution < -0.4 is 0 Å². The summed E-state index contributed by atoms with van der Waals surface area (Å²) < 4.78 is 22.9. The first-order chi connectivity index (χ1) is 5.49. The third-order valence-electron chi connectivity index (χ3n) is 2.82. The highest BCUT2D eigenvalue weighted by molar-refractivity contribution is 7.92. The van der Waals surface area contributed by atoms with Crippen LogP contribution in [0.5, 0.6) is 0 Å². The topological polar surface area (TPSA) is 37.4 Å². The molecule has 0 bridgehead atoms. The molecular weight excluding hydrogens is 174 g/mol. The second-order valence-corrected chi connectivity index (χ2v) is 6.01. The quantitative estimate of drug-likeness (QED) is 0.606. The molecule has 0 aromatic heterocycles. The minimum absolute atomic E-state index is 0.193. The zero-order chi connectivity index (χ0) is 9.35. The van der Waals surface area contributed by atoms with Gasteiger partial charge in [-0.15, -0.1) is 0 Å². The molecule has 1 saturated heterocycles. The average molecular weight is 191 g/mol. The van der Waals surface area contributed by atoms with Crippen molar-refractivity contribution in [2.45, 2.75) is 31.6 Å². The largest absolute Gasteiger partial charge is 0.301 e. The van der Waals surface area contributed by atoms with E-state index >= 15 is 0 Å². The summed E-state index contributed by atoms with van der Waals surface area (Å²) in [6.07, 6.45) is 0.914. The molecular formula is C8H17NO2S. The molecule has 1 rings (SSSR count). The Labute approximate surface area is 74.7 Å². The van der Waals surface area contributed by atoms with E-state index in [1.807, 2.05) is 20.9 Å². The first kappa shape index (κ1) is 9.99. The predicted molar refractivity (Wildman–Crippen MR) is 50.0 cm³/mol. The number of rotatable bonds is 1. The van der Waals surface area contributed by atoms with Crippen LogP contribution >= 0.6 is 0 Å². The maximum absolute atomic E-state index is 11.5. The van der Waals surface area contributed by atoms with E-state index in [-0.39, 0.29) is 11.3 Å². The molecule has 0 aromatic carbocycles. The van der Waals surface area contributed by atoms with Crippen molar-refractivity contribution in [3.63, 3.8) is 0 Å². The van der Waals surface area contributed by atoms with Gasteiger partial charge in [-0.2, -0.15) is 0 Å². The van der Waals surface area contributed by atoms with Crippen LogP contribution in [-0.4, -0.2) is 44.0 Å². The molecule has 1 fully saturated rings. The molecule has 0 aromatic rings. The molecule has 3 nitrogen and oxygen atoms in total. The Morgan fingerprint density at radius 1 is 1.50 bits per heavy atom. The van der Waals surface area contributed by atoms with Crippen molar-refractivity contribution in [1.82, 2.24) is 4.90 Å². The maximum atomic E-state index is 11.5. The zero-order valence-corrected chi connectivity index (χ0v) is 8.76. The van der Waals surface area contributed by atoms with Gasteiger partial charge in [-0.05, 0) is 20.4 Å². The van der Waals surface area contributed by atoms with Crippen LogP contribution in [0.3, 0.4) is 0 Å². The number of nitrogens with zero attached hydrogens (tertiary/aromatic N) is 1. The molecule has 2 unspecified atom stereocenters. The molecule has 4 heteroatoms. The van der Waals surface area contributed by atoms with Gasteiger partial charge in [-0.3, -0.25) is 0 Å². The third kappa shape index (κ3) is 1.64. The van der Waals surface area contributed by atoms with Gasteiger partial charge in [0.25, 0.3) is 0 Å². The summed E-state index contributed by atoms with van der Waals surface area (Å²) in [6.45, 7) is 4.54. The summed E-state index contributed by atoms with van der Waals surface area (Å²) in [4.78, 5) is 2.14. The van der Waals surface area contributed by atoms with Gasteiger partial charge in [0.2, 0.25) is 0 Å². The van der Waals surface area contributed by atoms with Gasteiger partial charge < -0.3 is 4.90 Å². The van der Waals surface area contributed by atoms with Crippen molar-refractivity contribution in [2.24, 2.45) is 0 Å². The van der Waals surface area contributed by atoms with E-state index < -0.39 is 9.84 Å².